The SMILES string of the molecule is CC.CC.CC.CC.CC.CC.CC.CC.CC.CC.CC.CC.CC.CC.CC.CC.CC.CC.CC.CC.CC.CC.CC.CC.CC.c1ccc(-c2ccccc2)cc1.c1ccc(-c2ccccc2)cc1.c1ccc(-c2ccccc2)cc1.c1ccc(-c2ccccc2)cc1.c1ccc2ccccc2c1.c1ccc2ccccc2c1.c1ccc2ccccc2c1.c1ccc2ccccc2c1.c1ccccc1.c1ccccc1. The molecule has 0 unspecified atom stereocenters. The summed E-state index contributed by atoms with van der Waals surface area (Å²) in [4.78, 5) is 0. The third-order valence-corrected chi connectivity index (χ3v) is 15.5. The summed E-state index contributed by atoms with van der Waals surface area (Å²) < 4.78 is 0. The molecule has 0 aliphatic rings. The molecule has 0 heterocycles. The van der Waals surface area contributed by atoms with Crippen LogP contribution in [0.5, 0.6) is 0 Å². The first-order valence-electron chi connectivity index (χ1n) is 58.9. The van der Waals surface area contributed by atoms with Crippen LogP contribution in [0.15, 0.2) is 510 Å². The van der Waals surface area contributed by atoms with Crippen LogP contribution in [0.25, 0.3) is 87.6 Å². The molecule has 0 aromatic heterocycles. The van der Waals surface area contributed by atoms with Crippen molar-refractivity contribution >= 4 is 43.1 Å². The molecule has 0 atom stereocenters. The van der Waals surface area contributed by atoms with Crippen LogP contribution in [-0.2, 0) is 0 Å². The van der Waals surface area contributed by atoms with Gasteiger partial charge < -0.3 is 0 Å². The maximum absolute atomic E-state index is 2.12. The third-order valence-electron chi connectivity index (χ3n) is 15.5. The molecule has 834 valence electrons. The van der Waals surface area contributed by atoms with Crippen LogP contribution in [0.3, 0.4) is 0 Å². The van der Waals surface area contributed by atoms with Crippen molar-refractivity contribution in [2.24, 2.45) is 0 Å². The Balaban J connectivity index is -0.0000000836. The van der Waals surface area contributed by atoms with Crippen LogP contribution in [0.1, 0.15) is 346 Å². The lowest BCUT2D eigenvalue weighted by atomic mass is 10.1. The molecule has 0 spiro atoms. The molecular formula is C150H234. The fourth-order valence-electron chi connectivity index (χ4n) is 10.3. The number of benzene rings is 18. The molecule has 0 aliphatic heterocycles. The summed E-state index contributed by atoms with van der Waals surface area (Å²) in [6.45, 7) is 100. The van der Waals surface area contributed by atoms with Crippen LogP contribution in [0.2, 0.25) is 0 Å². The Bertz CT molecular complexity index is 3920. The van der Waals surface area contributed by atoms with Crippen LogP contribution in [0.4, 0.5) is 0 Å². The lowest BCUT2D eigenvalue weighted by Crippen LogP contribution is -1.73. The second-order valence-corrected chi connectivity index (χ2v) is 22.6. The van der Waals surface area contributed by atoms with E-state index >= 15 is 0 Å². The van der Waals surface area contributed by atoms with Crippen molar-refractivity contribution in [3.8, 4) is 44.5 Å². The first kappa shape index (κ1) is 176. The summed E-state index contributed by atoms with van der Waals surface area (Å²) in [6, 6.07) is 174. The Morgan fingerprint density at radius 3 is 0.147 bits per heavy atom. The van der Waals surface area contributed by atoms with E-state index < -0.39 is 0 Å². The highest BCUT2D eigenvalue weighted by atomic mass is 14.0. The first-order chi connectivity index (χ1) is 74.7. The fourth-order valence-corrected chi connectivity index (χ4v) is 10.3. The minimum Gasteiger partial charge on any atom is -0.0683 e. The Morgan fingerprint density at radius 1 is 0.0533 bits per heavy atom. The van der Waals surface area contributed by atoms with Gasteiger partial charge in [0.1, 0.15) is 0 Å². The highest BCUT2D eigenvalue weighted by Gasteiger charge is 1.97. The quantitative estimate of drug-likeness (QED) is 0.165. The van der Waals surface area contributed by atoms with Gasteiger partial charge in [0.2, 0.25) is 0 Å². The van der Waals surface area contributed by atoms with Crippen molar-refractivity contribution < 1.29 is 0 Å². The Kier molecular flexibility index (Phi) is 205. The van der Waals surface area contributed by atoms with Gasteiger partial charge in [-0.1, -0.05) is 856 Å². The number of fused-ring (bicyclic) bond motifs is 4. The summed E-state index contributed by atoms with van der Waals surface area (Å²) in [5, 5.41) is 10.5. The molecule has 0 fully saturated rings. The molecule has 0 heteroatoms. The molecule has 0 amide bonds. The number of rotatable bonds is 4. The lowest BCUT2D eigenvalue weighted by Gasteiger charge is -1.98. The smallest absolute Gasteiger partial charge is 0.0184 e. The largest absolute Gasteiger partial charge is 0.0683 e. The monoisotopic (exact) mass is 2040 g/mol. The van der Waals surface area contributed by atoms with Crippen LogP contribution in [-0.4, -0.2) is 0 Å². The van der Waals surface area contributed by atoms with Gasteiger partial charge in [0.15, 0.2) is 0 Å². The van der Waals surface area contributed by atoms with Gasteiger partial charge in [0.25, 0.3) is 0 Å². The second-order valence-electron chi connectivity index (χ2n) is 22.6. The normalized spacial score (nSPS) is 7.40. The Morgan fingerprint density at radius 2 is 0.0933 bits per heavy atom. The highest BCUT2D eigenvalue weighted by Crippen LogP contribution is 2.22. The van der Waals surface area contributed by atoms with Crippen LogP contribution < -0.4 is 0 Å². The van der Waals surface area contributed by atoms with E-state index in [0.29, 0.717) is 0 Å². The van der Waals surface area contributed by atoms with Crippen molar-refractivity contribution in [3.63, 3.8) is 0 Å². The van der Waals surface area contributed by atoms with Crippen LogP contribution in [0, 0.1) is 0 Å². The molecule has 18 aromatic carbocycles. The summed E-state index contributed by atoms with van der Waals surface area (Å²) in [7, 11) is 0. The van der Waals surface area contributed by atoms with Crippen molar-refractivity contribution in [1.29, 1.82) is 0 Å². The fraction of sp³-hybridized carbons (Fsp3) is 0.333. The third kappa shape index (κ3) is 106. The topological polar surface area (TPSA) is 0 Å². The summed E-state index contributed by atoms with van der Waals surface area (Å²) in [5.74, 6) is 0. The zero-order valence-electron chi connectivity index (χ0n) is 106. The highest BCUT2D eigenvalue weighted by molar-refractivity contribution is 5.84. The molecule has 150 heavy (non-hydrogen) atoms. The van der Waals surface area contributed by atoms with E-state index in [-0.39, 0.29) is 0 Å². The van der Waals surface area contributed by atoms with Gasteiger partial charge in [-0.2, -0.15) is 0 Å². The molecule has 0 saturated heterocycles. The molecule has 0 bridgehead atoms. The predicted octanol–water partition coefficient (Wildman–Crippen LogP) is 53.8. The van der Waals surface area contributed by atoms with E-state index in [1.807, 2.05) is 468 Å². The zero-order chi connectivity index (χ0) is 119. The maximum Gasteiger partial charge on any atom is -0.0184 e. The first-order valence-corrected chi connectivity index (χ1v) is 58.9. The average Bonchev–Trinajstić information content (AvgIpc) is 0.980. The lowest BCUT2D eigenvalue weighted by molar-refractivity contribution is 1.50. The van der Waals surface area contributed by atoms with Gasteiger partial charge in [-0.25, -0.2) is 0 Å². The van der Waals surface area contributed by atoms with Gasteiger partial charge in [-0.3, -0.25) is 0 Å². The van der Waals surface area contributed by atoms with Crippen LogP contribution >= 0.6 is 0 Å². The van der Waals surface area contributed by atoms with Crippen molar-refractivity contribution in [2.45, 2.75) is 346 Å². The van der Waals surface area contributed by atoms with E-state index in [9.17, 15) is 0 Å². The standard InChI is InChI=1S/4C12H10.4C10H8.2C6H6.25C2H6/c4*1-3-7-11(8-4-1)12-9-5-2-6-10-12;4*1-2-6-10-8-4-3-7-9(10)5-1;2*1-2-4-6-5-3-1;25*1-2/h4*1-10H;4*1-8H;2*1-6H;25*1-2H3. The summed E-state index contributed by atoms with van der Waals surface area (Å²) >= 11 is 0. The predicted molar refractivity (Wildman–Crippen MR) is 720 cm³/mol. The van der Waals surface area contributed by atoms with E-state index in [1.54, 1.807) is 0 Å². The molecule has 0 aliphatic carbocycles. The van der Waals surface area contributed by atoms with Gasteiger partial charge in [-0.05, 0) is 87.6 Å². The maximum atomic E-state index is 2.12. The number of hydrogen-bond donors (Lipinski definition) is 0. The molecule has 0 radical (unpaired) electrons. The van der Waals surface area contributed by atoms with E-state index in [1.165, 1.54) is 87.6 Å². The van der Waals surface area contributed by atoms with Gasteiger partial charge in [-0.15, -0.1) is 0 Å². The van der Waals surface area contributed by atoms with E-state index in [2.05, 4.69) is 388 Å². The molecule has 0 saturated carbocycles. The van der Waals surface area contributed by atoms with Crippen molar-refractivity contribution in [1.82, 2.24) is 0 Å². The minimum atomic E-state index is 1.28. The molecule has 18 rings (SSSR count). The Labute approximate surface area is 936 Å². The molecule has 0 nitrogen and oxygen atoms in total. The molecule has 18 aromatic rings. The zero-order valence-corrected chi connectivity index (χ0v) is 106. The summed E-state index contributed by atoms with van der Waals surface area (Å²) in [5.41, 5.74) is 10.2. The van der Waals surface area contributed by atoms with E-state index in [4.69, 9.17) is 0 Å². The van der Waals surface area contributed by atoms with Crippen molar-refractivity contribution in [3.05, 3.63) is 510 Å². The van der Waals surface area contributed by atoms with Crippen molar-refractivity contribution in [2.75, 3.05) is 0 Å². The van der Waals surface area contributed by atoms with Gasteiger partial charge in [0.05, 0.1) is 0 Å². The molecule has 0 N–H and O–H groups in total. The van der Waals surface area contributed by atoms with Gasteiger partial charge >= 0.3 is 0 Å². The molecular weight excluding hydrogens is 1800 g/mol. The average molecular weight is 2040 g/mol. The van der Waals surface area contributed by atoms with E-state index in [0.717, 1.165) is 0 Å². The minimum absolute atomic E-state index is 1.28. The summed E-state index contributed by atoms with van der Waals surface area (Å²) in [6.07, 6.45) is 0. The second kappa shape index (κ2) is 175. The van der Waals surface area contributed by atoms with Gasteiger partial charge in [0, 0.05) is 0 Å². The number of hydrogen-bond acceptors (Lipinski definition) is 0. The Hall–Kier alpha value is -13.0.